The molecule has 138 valence electrons. The molecule has 1 aliphatic heterocycles. The maximum atomic E-state index is 5.26. The van der Waals surface area contributed by atoms with E-state index in [0.717, 1.165) is 18.8 Å². The van der Waals surface area contributed by atoms with E-state index < -0.39 is 0 Å². The van der Waals surface area contributed by atoms with Crippen LogP contribution in [0.3, 0.4) is 0 Å². The van der Waals surface area contributed by atoms with Gasteiger partial charge in [-0.1, -0.05) is 25.0 Å². The number of hydrogen-bond donors (Lipinski definition) is 0. The third kappa shape index (κ3) is 4.38. The fraction of sp³-hybridized carbons (Fsp3) is 0.636. The van der Waals surface area contributed by atoms with Gasteiger partial charge in [0.05, 0.1) is 7.11 Å². The van der Waals surface area contributed by atoms with Crippen LogP contribution in [-0.4, -0.2) is 44.7 Å². The fourth-order valence-electron chi connectivity index (χ4n) is 4.52. The number of ether oxygens (including phenoxy) is 1. The summed E-state index contributed by atoms with van der Waals surface area (Å²) in [6, 6.07) is 8.46. The van der Waals surface area contributed by atoms with Crippen molar-refractivity contribution in [2.75, 3.05) is 44.7 Å². The molecule has 3 rings (SSSR count). The molecular weight excluding hydrogens is 308 g/mol. The van der Waals surface area contributed by atoms with Gasteiger partial charge in [-0.05, 0) is 62.3 Å². The van der Waals surface area contributed by atoms with Crippen LogP contribution in [0.2, 0.25) is 0 Å². The summed E-state index contributed by atoms with van der Waals surface area (Å²) >= 11 is 0. The summed E-state index contributed by atoms with van der Waals surface area (Å²) < 4.78 is 5.26. The quantitative estimate of drug-likeness (QED) is 0.719. The molecule has 25 heavy (non-hydrogen) atoms. The Labute approximate surface area is 153 Å². The van der Waals surface area contributed by atoms with Gasteiger partial charge in [-0.2, -0.15) is 0 Å². The number of allylic oxidation sites excluding steroid dienone is 1. The van der Waals surface area contributed by atoms with Crippen LogP contribution in [0.5, 0.6) is 5.75 Å². The van der Waals surface area contributed by atoms with E-state index in [1.807, 2.05) is 0 Å². The lowest BCUT2D eigenvalue weighted by atomic mass is 9.71. The number of anilines is 1. The molecule has 1 aliphatic carbocycles. The fourth-order valence-corrected chi connectivity index (χ4v) is 4.52. The number of benzene rings is 1. The van der Waals surface area contributed by atoms with Crippen molar-refractivity contribution in [3.8, 4) is 5.75 Å². The Bertz CT molecular complexity index is 595. The maximum absolute atomic E-state index is 5.26. The van der Waals surface area contributed by atoms with E-state index >= 15 is 0 Å². The average Bonchev–Trinajstić information content (AvgIpc) is 2.61. The monoisotopic (exact) mass is 342 g/mol. The molecular formula is C22H34N2O. The molecule has 1 heterocycles. The first-order valence-electron chi connectivity index (χ1n) is 9.80. The van der Waals surface area contributed by atoms with E-state index in [-0.39, 0.29) is 0 Å². The number of piperazine rings is 1. The number of nitrogens with zero attached hydrogens (tertiary/aromatic N) is 2. The van der Waals surface area contributed by atoms with E-state index in [9.17, 15) is 0 Å². The van der Waals surface area contributed by atoms with Crippen molar-refractivity contribution in [3.63, 3.8) is 0 Å². The minimum atomic E-state index is 0.410. The summed E-state index contributed by atoms with van der Waals surface area (Å²) in [5, 5.41) is 0. The van der Waals surface area contributed by atoms with E-state index in [1.54, 1.807) is 18.3 Å². The number of rotatable bonds is 5. The zero-order chi connectivity index (χ0) is 17.9. The van der Waals surface area contributed by atoms with Crippen molar-refractivity contribution < 1.29 is 4.74 Å². The molecule has 0 amide bonds. The molecule has 1 aromatic carbocycles. The highest BCUT2D eigenvalue weighted by Crippen LogP contribution is 2.41. The van der Waals surface area contributed by atoms with Gasteiger partial charge in [0.1, 0.15) is 5.75 Å². The van der Waals surface area contributed by atoms with Gasteiger partial charge in [-0.3, -0.25) is 4.90 Å². The van der Waals surface area contributed by atoms with Crippen LogP contribution >= 0.6 is 0 Å². The third-order valence-corrected chi connectivity index (χ3v) is 6.17. The zero-order valence-electron chi connectivity index (χ0n) is 16.5. The molecule has 0 saturated carbocycles. The molecule has 2 aliphatic rings. The van der Waals surface area contributed by atoms with Gasteiger partial charge in [0.2, 0.25) is 0 Å². The Hall–Kier alpha value is -1.48. The lowest BCUT2D eigenvalue weighted by Gasteiger charge is -2.39. The van der Waals surface area contributed by atoms with Crippen molar-refractivity contribution in [2.24, 2.45) is 5.41 Å². The summed E-state index contributed by atoms with van der Waals surface area (Å²) in [6.45, 7) is 13.0. The van der Waals surface area contributed by atoms with E-state index in [1.165, 1.54) is 51.0 Å². The third-order valence-electron chi connectivity index (χ3n) is 6.17. The highest BCUT2D eigenvalue weighted by atomic mass is 16.5. The van der Waals surface area contributed by atoms with E-state index in [2.05, 4.69) is 54.8 Å². The second kappa shape index (κ2) is 7.82. The van der Waals surface area contributed by atoms with Crippen LogP contribution in [-0.2, 0) is 0 Å². The lowest BCUT2D eigenvalue weighted by molar-refractivity contribution is 0.249. The Kier molecular flexibility index (Phi) is 5.73. The van der Waals surface area contributed by atoms with Gasteiger partial charge in [-0.15, -0.1) is 0 Å². The molecule has 1 fully saturated rings. The Morgan fingerprint density at radius 3 is 2.32 bits per heavy atom. The predicted octanol–water partition coefficient (Wildman–Crippen LogP) is 4.73. The highest BCUT2D eigenvalue weighted by Gasteiger charge is 2.28. The number of hydrogen-bond acceptors (Lipinski definition) is 3. The summed E-state index contributed by atoms with van der Waals surface area (Å²) in [5.74, 6) is 0.932. The minimum Gasteiger partial charge on any atom is -0.497 e. The van der Waals surface area contributed by atoms with E-state index in [4.69, 9.17) is 4.74 Å². The molecule has 1 aromatic rings. The van der Waals surface area contributed by atoms with Crippen molar-refractivity contribution in [3.05, 3.63) is 35.4 Å². The molecule has 0 atom stereocenters. The Balaban J connectivity index is 1.51. The van der Waals surface area contributed by atoms with Crippen molar-refractivity contribution in [1.82, 2.24) is 4.90 Å². The van der Waals surface area contributed by atoms with Gasteiger partial charge in [0.15, 0.2) is 0 Å². The first-order valence-corrected chi connectivity index (χ1v) is 9.80. The normalized spacial score (nSPS) is 21.5. The number of methoxy groups -OCH3 is 1. The van der Waals surface area contributed by atoms with Crippen molar-refractivity contribution in [2.45, 2.75) is 46.5 Å². The summed E-state index contributed by atoms with van der Waals surface area (Å²) in [6.07, 6.45) is 5.28. The van der Waals surface area contributed by atoms with Gasteiger partial charge in [0, 0.05) is 38.4 Å². The standard InChI is InChI=1S/C22H34N2O/c1-18-6-5-12-22(2,3)21(18)11-13-23-14-16-24(17-15-23)19-7-9-20(25-4)10-8-19/h7-10H,5-6,11-17H2,1-4H3. The van der Waals surface area contributed by atoms with Gasteiger partial charge in [0.25, 0.3) is 0 Å². The van der Waals surface area contributed by atoms with Crippen LogP contribution in [0.1, 0.15) is 46.5 Å². The minimum absolute atomic E-state index is 0.410. The second-order valence-corrected chi connectivity index (χ2v) is 8.27. The summed E-state index contributed by atoms with van der Waals surface area (Å²) in [7, 11) is 1.72. The topological polar surface area (TPSA) is 15.7 Å². The van der Waals surface area contributed by atoms with Crippen molar-refractivity contribution in [1.29, 1.82) is 0 Å². The average molecular weight is 343 g/mol. The molecule has 0 unspecified atom stereocenters. The molecule has 1 saturated heterocycles. The summed E-state index contributed by atoms with van der Waals surface area (Å²) in [5.41, 5.74) is 5.12. The highest BCUT2D eigenvalue weighted by molar-refractivity contribution is 5.49. The van der Waals surface area contributed by atoms with E-state index in [0.29, 0.717) is 5.41 Å². The van der Waals surface area contributed by atoms with Crippen LogP contribution in [0.4, 0.5) is 5.69 Å². The molecule has 0 N–H and O–H groups in total. The van der Waals surface area contributed by atoms with Crippen LogP contribution in [0.25, 0.3) is 0 Å². The first kappa shape index (κ1) is 18.3. The maximum Gasteiger partial charge on any atom is 0.119 e. The lowest BCUT2D eigenvalue weighted by Crippen LogP contribution is -2.46. The SMILES string of the molecule is COc1ccc(N2CCN(CCC3=C(C)CCCC3(C)C)CC2)cc1. The molecule has 3 heteroatoms. The molecule has 0 spiro atoms. The predicted molar refractivity (Wildman–Crippen MR) is 107 cm³/mol. The van der Waals surface area contributed by atoms with Gasteiger partial charge < -0.3 is 9.64 Å². The summed E-state index contributed by atoms with van der Waals surface area (Å²) in [4.78, 5) is 5.13. The molecule has 0 aromatic heterocycles. The Morgan fingerprint density at radius 2 is 1.72 bits per heavy atom. The zero-order valence-corrected chi connectivity index (χ0v) is 16.5. The van der Waals surface area contributed by atoms with Crippen molar-refractivity contribution >= 4 is 5.69 Å². The Morgan fingerprint density at radius 1 is 1.04 bits per heavy atom. The van der Waals surface area contributed by atoms with Crippen LogP contribution in [0, 0.1) is 5.41 Å². The second-order valence-electron chi connectivity index (χ2n) is 8.27. The van der Waals surface area contributed by atoms with Gasteiger partial charge in [-0.25, -0.2) is 0 Å². The molecule has 3 nitrogen and oxygen atoms in total. The van der Waals surface area contributed by atoms with Crippen LogP contribution < -0.4 is 9.64 Å². The van der Waals surface area contributed by atoms with Gasteiger partial charge >= 0.3 is 0 Å². The first-order chi connectivity index (χ1) is 12.0. The smallest absolute Gasteiger partial charge is 0.119 e. The molecule has 0 bridgehead atoms. The largest absolute Gasteiger partial charge is 0.497 e. The molecule has 0 radical (unpaired) electrons. The van der Waals surface area contributed by atoms with Crippen LogP contribution in [0.15, 0.2) is 35.4 Å².